The molecule has 0 aromatic carbocycles. The summed E-state index contributed by atoms with van der Waals surface area (Å²) in [6, 6.07) is -0.0324. The lowest BCUT2D eigenvalue weighted by Crippen LogP contribution is -2.38. The van der Waals surface area contributed by atoms with Crippen molar-refractivity contribution in [3.05, 3.63) is 0 Å². The summed E-state index contributed by atoms with van der Waals surface area (Å²) in [5.41, 5.74) is 5.90. The van der Waals surface area contributed by atoms with Crippen LogP contribution in [-0.2, 0) is 14.3 Å². The molecule has 0 aliphatic heterocycles. The second-order valence-electron chi connectivity index (χ2n) is 4.47. The zero-order valence-electron chi connectivity index (χ0n) is 12.0. The van der Waals surface area contributed by atoms with Gasteiger partial charge in [-0.15, -0.1) is 0 Å². The maximum atomic E-state index is 12.1. The fourth-order valence-corrected chi connectivity index (χ4v) is 1.79. The molecule has 5 nitrogen and oxygen atoms in total. The van der Waals surface area contributed by atoms with Crippen molar-refractivity contribution in [2.75, 3.05) is 40.5 Å². The molecule has 0 rings (SSSR count). The highest BCUT2D eigenvalue weighted by molar-refractivity contribution is 5.76. The van der Waals surface area contributed by atoms with Crippen LogP contribution in [0.1, 0.15) is 32.6 Å². The molecule has 108 valence electrons. The Labute approximate surface area is 111 Å². The Balaban J connectivity index is 4.11. The summed E-state index contributed by atoms with van der Waals surface area (Å²) in [6.07, 6.45) is 3.16. The van der Waals surface area contributed by atoms with Crippen molar-refractivity contribution in [3.8, 4) is 0 Å². The lowest BCUT2D eigenvalue weighted by Gasteiger charge is -2.23. The largest absolute Gasteiger partial charge is 0.385 e. The van der Waals surface area contributed by atoms with Crippen molar-refractivity contribution < 1.29 is 14.3 Å². The molecule has 0 saturated carbocycles. The van der Waals surface area contributed by atoms with E-state index in [1.807, 2.05) is 4.90 Å². The van der Waals surface area contributed by atoms with E-state index in [4.69, 9.17) is 15.2 Å². The Morgan fingerprint density at radius 3 is 2.44 bits per heavy atom. The molecule has 1 atom stereocenters. The van der Waals surface area contributed by atoms with E-state index in [1.54, 1.807) is 14.2 Å². The number of nitrogens with zero attached hydrogens (tertiary/aromatic N) is 1. The van der Waals surface area contributed by atoms with Crippen molar-refractivity contribution >= 4 is 5.91 Å². The molecule has 0 spiro atoms. The number of rotatable bonds is 11. The van der Waals surface area contributed by atoms with Gasteiger partial charge in [-0.2, -0.15) is 0 Å². The Morgan fingerprint density at radius 2 is 1.89 bits per heavy atom. The third-order valence-corrected chi connectivity index (χ3v) is 2.79. The van der Waals surface area contributed by atoms with Gasteiger partial charge in [-0.3, -0.25) is 4.79 Å². The van der Waals surface area contributed by atoms with Gasteiger partial charge in [-0.1, -0.05) is 13.3 Å². The maximum Gasteiger partial charge on any atom is 0.224 e. The molecule has 1 unspecified atom stereocenters. The van der Waals surface area contributed by atoms with Crippen LogP contribution >= 0.6 is 0 Å². The molecule has 18 heavy (non-hydrogen) atoms. The van der Waals surface area contributed by atoms with Crippen LogP contribution in [0.25, 0.3) is 0 Å². The molecule has 0 heterocycles. The summed E-state index contributed by atoms with van der Waals surface area (Å²) in [5, 5.41) is 0. The van der Waals surface area contributed by atoms with E-state index in [9.17, 15) is 4.79 Å². The average molecular weight is 260 g/mol. The Kier molecular flexibility index (Phi) is 11.0. The van der Waals surface area contributed by atoms with Gasteiger partial charge < -0.3 is 20.1 Å². The van der Waals surface area contributed by atoms with Crippen molar-refractivity contribution in [1.82, 2.24) is 4.90 Å². The van der Waals surface area contributed by atoms with Crippen LogP contribution in [0.15, 0.2) is 0 Å². The minimum atomic E-state index is -0.0324. The second-order valence-corrected chi connectivity index (χ2v) is 4.47. The molecular formula is C13H28N2O3. The first kappa shape index (κ1) is 17.4. The van der Waals surface area contributed by atoms with E-state index in [-0.39, 0.29) is 11.9 Å². The molecule has 0 bridgehead atoms. The molecule has 0 aliphatic carbocycles. The number of amides is 1. The number of ether oxygens (including phenoxy) is 2. The van der Waals surface area contributed by atoms with Crippen molar-refractivity contribution in [2.24, 2.45) is 5.73 Å². The lowest BCUT2D eigenvalue weighted by atomic mass is 10.1. The number of hydrogen-bond acceptors (Lipinski definition) is 4. The lowest BCUT2D eigenvalue weighted by molar-refractivity contribution is -0.132. The van der Waals surface area contributed by atoms with Crippen LogP contribution in [0.4, 0.5) is 0 Å². The van der Waals surface area contributed by atoms with Gasteiger partial charge in [0.05, 0.1) is 6.61 Å². The van der Waals surface area contributed by atoms with Gasteiger partial charge >= 0.3 is 0 Å². The third-order valence-electron chi connectivity index (χ3n) is 2.79. The summed E-state index contributed by atoms with van der Waals surface area (Å²) in [7, 11) is 3.30. The highest BCUT2D eigenvalue weighted by Crippen LogP contribution is 2.04. The second kappa shape index (κ2) is 11.4. The van der Waals surface area contributed by atoms with Gasteiger partial charge in [-0.25, -0.2) is 0 Å². The number of carbonyl (C=O) groups is 1. The monoisotopic (exact) mass is 260 g/mol. The van der Waals surface area contributed by atoms with Crippen molar-refractivity contribution in [3.63, 3.8) is 0 Å². The quantitative estimate of drug-likeness (QED) is 0.563. The van der Waals surface area contributed by atoms with Gasteiger partial charge in [0.1, 0.15) is 0 Å². The molecule has 0 fully saturated rings. The van der Waals surface area contributed by atoms with Crippen molar-refractivity contribution in [1.29, 1.82) is 0 Å². The predicted molar refractivity (Wildman–Crippen MR) is 72.4 cm³/mol. The van der Waals surface area contributed by atoms with E-state index < -0.39 is 0 Å². The third kappa shape index (κ3) is 8.44. The molecule has 1 amide bonds. The summed E-state index contributed by atoms with van der Waals surface area (Å²) < 4.78 is 10.0. The molecule has 0 radical (unpaired) electrons. The smallest absolute Gasteiger partial charge is 0.224 e. The highest BCUT2D eigenvalue weighted by atomic mass is 16.5. The summed E-state index contributed by atoms with van der Waals surface area (Å²) >= 11 is 0. The normalized spacial score (nSPS) is 12.4. The molecule has 0 aliphatic rings. The van der Waals surface area contributed by atoms with Gasteiger partial charge in [0.2, 0.25) is 5.91 Å². The zero-order chi connectivity index (χ0) is 13.8. The van der Waals surface area contributed by atoms with Gasteiger partial charge in [0.25, 0.3) is 0 Å². The number of carbonyl (C=O) groups excluding carboxylic acids is 1. The number of hydrogen-bond donors (Lipinski definition) is 1. The van der Waals surface area contributed by atoms with Gasteiger partial charge in [0.15, 0.2) is 0 Å². The van der Waals surface area contributed by atoms with Gasteiger partial charge in [-0.05, 0) is 12.8 Å². The summed E-state index contributed by atoms with van der Waals surface area (Å²) in [4.78, 5) is 13.9. The first-order valence-electron chi connectivity index (χ1n) is 6.66. The van der Waals surface area contributed by atoms with E-state index in [0.717, 1.165) is 19.3 Å². The number of methoxy groups -OCH3 is 2. The molecular weight excluding hydrogens is 232 g/mol. The fourth-order valence-electron chi connectivity index (χ4n) is 1.79. The van der Waals surface area contributed by atoms with E-state index in [1.165, 1.54) is 0 Å². The van der Waals surface area contributed by atoms with E-state index >= 15 is 0 Å². The zero-order valence-corrected chi connectivity index (χ0v) is 12.0. The van der Waals surface area contributed by atoms with Gasteiger partial charge in [0, 0.05) is 46.4 Å². The first-order valence-corrected chi connectivity index (χ1v) is 6.66. The Hall–Kier alpha value is -0.650. The van der Waals surface area contributed by atoms with Crippen LogP contribution in [-0.4, -0.2) is 57.4 Å². The van der Waals surface area contributed by atoms with Crippen LogP contribution in [0.3, 0.4) is 0 Å². The van der Waals surface area contributed by atoms with Crippen LogP contribution in [0, 0.1) is 0 Å². The Morgan fingerprint density at radius 1 is 1.22 bits per heavy atom. The fraction of sp³-hybridized carbons (Fsp3) is 0.923. The molecule has 0 saturated heterocycles. The van der Waals surface area contributed by atoms with Crippen molar-refractivity contribution in [2.45, 2.75) is 38.6 Å². The molecule has 2 N–H and O–H groups in total. The summed E-state index contributed by atoms with van der Waals surface area (Å²) in [6.45, 7) is 4.62. The topological polar surface area (TPSA) is 64.8 Å². The van der Waals surface area contributed by atoms with E-state index in [0.29, 0.717) is 32.7 Å². The molecule has 0 aromatic heterocycles. The standard InChI is InChI=1S/C13H28N2O3/c1-4-6-12(14)11-13(16)15(8-10-18-3)7-5-9-17-2/h12H,4-11,14H2,1-3H3. The Bertz CT molecular complexity index is 212. The summed E-state index contributed by atoms with van der Waals surface area (Å²) in [5.74, 6) is 0.115. The maximum absolute atomic E-state index is 12.1. The first-order chi connectivity index (χ1) is 8.65. The molecule has 5 heteroatoms. The van der Waals surface area contributed by atoms with E-state index in [2.05, 4.69) is 6.92 Å². The van der Waals surface area contributed by atoms with Crippen LogP contribution in [0.2, 0.25) is 0 Å². The SMILES string of the molecule is CCCC(N)CC(=O)N(CCCOC)CCOC. The predicted octanol–water partition coefficient (Wildman–Crippen LogP) is 1.02. The van der Waals surface area contributed by atoms with Crippen LogP contribution < -0.4 is 5.73 Å². The average Bonchev–Trinajstić information content (AvgIpc) is 2.33. The minimum Gasteiger partial charge on any atom is -0.385 e. The minimum absolute atomic E-state index is 0.0324. The van der Waals surface area contributed by atoms with Crippen LogP contribution in [0.5, 0.6) is 0 Å². The highest BCUT2D eigenvalue weighted by Gasteiger charge is 2.16. The number of nitrogens with two attached hydrogens (primary N) is 1. The molecule has 0 aromatic rings.